The molecule has 0 aliphatic heterocycles. The summed E-state index contributed by atoms with van der Waals surface area (Å²) in [6, 6.07) is 48.9. The number of aryl methyl sites for hydroxylation is 1. The number of hydrogen-bond donors (Lipinski definition) is 0. The topological polar surface area (TPSA) is 17.3 Å². The van der Waals surface area contributed by atoms with Crippen LogP contribution in [0.25, 0.3) is 65.6 Å². The van der Waals surface area contributed by atoms with Crippen LogP contribution in [0.4, 0.5) is 0 Å². The first-order valence-electron chi connectivity index (χ1n) is 16.4. The maximum Gasteiger partial charge on any atom is 0.145 e. The first-order chi connectivity index (χ1) is 23.0. The van der Waals surface area contributed by atoms with Gasteiger partial charge in [-0.05, 0) is 85.6 Å². The monoisotopic (exact) mass is 602 g/mol. The lowest BCUT2D eigenvalue weighted by Gasteiger charge is -2.23. The van der Waals surface area contributed by atoms with E-state index >= 15 is 0 Å². The number of benzene rings is 7. The van der Waals surface area contributed by atoms with Crippen LogP contribution >= 0.6 is 0 Å². The van der Waals surface area contributed by atoms with E-state index in [0.29, 0.717) is 0 Å². The van der Waals surface area contributed by atoms with Crippen LogP contribution in [-0.2, 0) is 5.41 Å². The Morgan fingerprint density at radius 3 is 1.96 bits per heavy atom. The average Bonchev–Trinajstić information content (AvgIpc) is 3.55. The van der Waals surface area contributed by atoms with Crippen LogP contribution in [-0.4, -0.2) is 10.4 Å². The van der Waals surface area contributed by atoms with Crippen LogP contribution in [0.3, 0.4) is 0 Å². The van der Waals surface area contributed by atoms with E-state index < -0.39 is 0 Å². The Kier molecular flexibility index (Phi) is 5.95. The van der Waals surface area contributed by atoms with Gasteiger partial charge in [0.25, 0.3) is 0 Å². The van der Waals surface area contributed by atoms with Crippen molar-refractivity contribution in [1.82, 2.24) is 4.57 Å². The normalized spacial score (nSPS) is 13.8. The fraction of sp³-hybridized carbons (Fsp3) is 0.0889. The van der Waals surface area contributed by atoms with Crippen molar-refractivity contribution in [2.45, 2.75) is 26.2 Å². The zero-order chi connectivity index (χ0) is 31.9. The van der Waals surface area contributed by atoms with Crippen LogP contribution in [0.2, 0.25) is 0 Å². The van der Waals surface area contributed by atoms with E-state index in [1.165, 1.54) is 71.3 Å². The Labute approximate surface area is 275 Å². The fourth-order valence-corrected chi connectivity index (χ4v) is 8.21. The van der Waals surface area contributed by atoms with Gasteiger partial charge in [-0.3, -0.25) is 4.57 Å². The molecule has 9 rings (SSSR count). The smallest absolute Gasteiger partial charge is 0.145 e. The van der Waals surface area contributed by atoms with Gasteiger partial charge in [-0.25, -0.2) is 4.99 Å². The molecule has 1 aliphatic carbocycles. The molecule has 0 unspecified atom stereocenters. The van der Waals surface area contributed by atoms with E-state index in [0.717, 1.165) is 22.4 Å². The lowest BCUT2D eigenvalue weighted by molar-refractivity contribution is 0.661. The van der Waals surface area contributed by atoms with Gasteiger partial charge in [0.2, 0.25) is 0 Å². The molecular weight excluding hydrogens is 569 g/mol. The number of para-hydroxylation sites is 1. The van der Waals surface area contributed by atoms with Gasteiger partial charge < -0.3 is 0 Å². The van der Waals surface area contributed by atoms with Gasteiger partial charge in [-0.2, -0.15) is 0 Å². The molecule has 0 radical (unpaired) electrons. The predicted octanol–water partition coefficient (Wildman–Crippen LogP) is 11.8. The van der Waals surface area contributed by atoms with Crippen molar-refractivity contribution in [3.63, 3.8) is 0 Å². The van der Waals surface area contributed by atoms with Crippen LogP contribution in [0.15, 0.2) is 151 Å². The summed E-state index contributed by atoms with van der Waals surface area (Å²) >= 11 is 0. The molecule has 7 aromatic carbocycles. The molecule has 0 spiro atoms. The third-order valence-electron chi connectivity index (χ3n) is 10.4. The molecule has 1 aliphatic rings. The second-order valence-electron chi connectivity index (χ2n) is 13.2. The zero-order valence-electron chi connectivity index (χ0n) is 26.9. The lowest BCUT2D eigenvalue weighted by Crippen LogP contribution is -2.15. The summed E-state index contributed by atoms with van der Waals surface area (Å²) in [7, 11) is 0. The summed E-state index contributed by atoms with van der Waals surface area (Å²) in [6.07, 6.45) is 1.66. The van der Waals surface area contributed by atoms with Crippen molar-refractivity contribution >= 4 is 49.2 Å². The maximum absolute atomic E-state index is 4.96. The summed E-state index contributed by atoms with van der Waals surface area (Å²) in [5.41, 5.74) is 12.4. The molecule has 0 N–H and O–H groups in total. The molecule has 0 atom stereocenters. The Bertz CT molecular complexity index is 2630. The molecule has 0 bridgehead atoms. The highest BCUT2D eigenvalue weighted by atomic mass is 15.1. The van der Waals surface area contributed by atoms with Gasteiger partial charge >= 0.3 is 0 Å². The molecular formula is C45H34N2. The zero-order valence-corrected chi connectivity index (χ0v) is 26.9. The summed E-state index contributed by atoms with van der Waals surface area (Å²) < 4.78 is 2.35. The lowest BCUT2D eigenvalue weighted by atomic mass is 9.80. The Morgan fingerprint density at radius 1 is 0.596 bits per heavy atom. The third kappa shape index (κ3) is 3.82. The molecule has 8 aromatic rings. The molecule has 47 heavy (non-hydrogen) atoms. The Hall–Kier alpha value is -5.73. The highest BCUT2D eigenvalue weighted by Gasteiger charge is 2.37. The number of aromatic nitrogens is 1. The minimum Gasteiger partial charge on any atom is -0.293 e. The molecule has 2 nitrogen and oxygen atoms in total. The number of fused-ring (bicyclic) bond motifs is 10. The van der Waals surface area contributed by atoms with E-state index in [-0.39, 0.29) is 5.41 Å². The number of hydrogen-bond acceptors (Lipinski definition) is 1. The van der Waals surface area contributed by atoms with Gasteiger partial charge in [-0.15, -0.1) is 0 Å². The summed E-state index contributed by atoms with van der Waals surface area (Å²) in [4.78, 5) is 4.96. The highest BCUT2D eigenvalue weighted by Crippen LogP contribution is 2.54. The highest BCUT2D eigenvalue weighted by molar-refractivity contribution is 6.28. The number of nitrogens with zero attached hydrogens (tertiary/aromatic N) is 2. The Balaban J connectivity index is 1.46. The van der Waals surface area contributed by atoms with Gasteiger partial charge in [0.05, 0.1) is 11.0 Å². The molecule has 0 fully saturated rings. The Morgan fingerprint density at radius 2 is 1.19 bits per heavy atom. The summed E-state index contributed by atoms with van der Waals surface area (Å²) in [5.74, 6) is 0.876. The van der Waals surface area contributed by atoms with E-state index in [1.54, 1.807) is 6.20 Å². The molecule has 0 saturated carbocycles. The van der Waals surface area contributed by atoms with Crippen molar-refractivity contribution in [1.29, 1.82) is 0 Å². The van der Waals surface area contributed by atoms with E-state index in [9.17, 15) is 0 Å². The largest absolute Gasteiger partial charge is 0.293 e. The first-order valence-corrected chi connectivity index (χ1v) is 16.4. The van der Waals surface area contributed by atoms with Crippen molar-refractivity contribution in [3.05, 3.63) is 168 Å². The van der Waals surface area contributed by atoms with E-state index in [2.05, 4.69) is 165 Å². The van der Waals surface area contributed by atoms with Crippen LogP contribution in [0, 0.1) is 6.92 Å². The summed E-state index contributed by atoms with van der Waals surface area (Å²) in [5, 5.41) is 7.51. The molecule has 0 amide bonds. The van der Waals surface area contributed by atoms with Gasteiger partial charge in [-0.1, -0.05) is 136 Å². The third-order valence-corrected chi connectivity index (χ3v) is 10.4. The predicted molar refractivity (Wildman–Crippen MR) is 201 cm³/mol. The minimum atomic E-state index is -0.117. The standard InChI is InChI=1S/C45H34N2/c1-5-46-44(29-17-7-6-16-28(29)2)47-40-25-15-13-23-35(40)43-33-21-11-9-19-31(33)37(27-41(43)47)36-26-39-42(32-20-10-8-18-30(32)36)34-22-12-14-24-38(34)45(39,3)4/h5-27H,1H2,2-4H3. The SMILES string of the molecule is C=CN=C(c1ccccc1C)n1c2ccccc2c2c3ccccc3c(-c3cc4c(c5ccccc35)-c3ccccc3C4(C)C)cc21. The van der Waals surface area contributed by atoms with Crippen molar-refractivity contribution in [2.75, 3.05) is 0 Å². The van der Waals surface area contributed by atoms with Crippen molar-refractivity contribution in [3.8, 4) is 22.3 Å². The second kappa shape index (κ2) is 10.1. The molecule has 1 aromatic heterocycles. The van der Waals surface area contributed by atoms with Crippen molar-refractivity contribution < 1.29 is 0 Å². The molecule has 1 heterocycles. The van der Waals surface area contributed by atoms with Crippen LogP contribution < -0.4 is 0 Å². The molecule has 0 saturated heterocycles. The summed E-state index contributed by atoms with van der Waals surface area (Å²) in [6.45, 7) is 10.9. The number of rotatable bonds is 3. The van der Waals surface area contributed by atoms with Crippen LogP contribution in [0.5, 0.6) is 0 Å². The van der Waals surface area contributed by atoms with E-state index in [1.807, 2.05) is 0 Å². The fourth-order valence-electron chi connectivity index (χ4n) is 8.21. The second-order valence-corrected chi connectivity index (χ2v) is 13.2. The van der Waals surface area contributed by atoms with Gasteiger partial charge in [0.15, 0.2) is 0 Å². The van der Waals surface area contributed by atoms with E-state index in [4.69, 9.17) is 4.99 Å². The van der Waals surface area contributed by atoms with Crippen LogP contribution in [0.1, 0.15) is 36.1 Å². The molecule has 2 heteroatoms. The van der Waals surface area contributed by atoms with Gasteiger partial charge in [0.1, 0.15) is 5.84 Å². The average molecular weight is 603 g/mol. The quantitative estimate of drug-likeness (QED) is 0.141. The minimum absolute atomic E-state index is 0.117. The van der Waals surface area contributed by atoms with Crippen molar-refractivity contribution in [2.24, 2.45) is 4.99 Å². The first kappa shape index (κ1) is 27.6. The number of aliphatic imine (C=N–C) groups is 1. The van der Waals surface area contributed by atoms with Gasteiger partial charge in [0, 0.05) is 28.0 Å². The molecule has 224 valence electrons. The maximum atomic E-state index is 4.96.